The summed E-state index contributed by atoms with van der Waals surface area (Å²) in [6, 6.07) is 4.99. The summed E-state index contributed by atoms with van der Waals surface area (Å²) >= 11 is 0. The molecule has 0 unspecified atom stereocenters. The number of rotatable bonds is 3. The monoisotopic (exact) mass is 245 g/mol. The molecule has 3 rings (SSSR count). The van der Waals surface area contributed by atoms with Crippen molar-refractivity contribution in [3.8, 4) is 0 Å². The Labute approximate surface area is 107 Å². The predicted molar refractivity (Wildman–Crippen MR) is 70.2 cm³/mol. The number of aromatic nitrogens is 1. The lowest BCUT2D eigenvalue weighted by molar-refractivity contribution is -0.129. The summed E-state index contributed by atoms with van der Waals surface area (Å²) in [6.45, 7) is 2.52. The first-order valence-electron chi connectivity index (χ1n) is 6.74. The van der Waals surface area contributed by atoms with Gasteiger partial charge < -0.3 is 10.2 Å². The van der Waals surface area contributed by atoms with Gasteiger partial charge in [-0.2, -0.15) is 0 Å². The van der Waals surface area contributed by atoms with E-state index in [4.69, 9.17) is 0 Å². The van der Waals surface area contributed by atoms with Gasteiger partial charge in [0.15, 0.2) is 0 Å². The van der Waals surface area contributed by atoms with Crippen molar-refractivity contribution in [1.29, 1.82) is 0 Å². The zero-order valence-electron chi connectivity index (χ0n) is 10.7. The molecule has 2 aliphatic rings. The van der Waals surface area contributed by atoms with Gasteiger partial charge in [0.25, 0.3) is 0 Å². The first-order chi connectivity index (χ1) is 8.74. The summed E-state index contributed by atoms with van der Waals surface area (Å²) in [5.74, 6) is 1.12. The van der Waals surface area contributed by atoms with Crippen molar-refractivity contribution in [3.05, 3.63) is 23.9 Å². The van der Waals surface area contributed by atoms with Crippen LogP contribution in [-0.2, 0) is 4.79 Å². The Morgan fingerprint density at radius 3 is 2.83 bits per heavy atom. The lowest BCUT2D eigenvalue weighted by Gasteiger charge is -2.23. The molecular weight excluding hydrogens is 226 g/mol. The van der Waals surface area contributed by atoms with Crippen molar-refractivity contribution >= 4 is 11.7 Å². The predicted octanol–water partition coefficient (Wildman–Crippen LogP) is 2.34. The number of hydrogen-bond donors (Lipinski definition) is 1. The van der Waals surface area contributed by atoms with Crippen molar-refractivity contribution in [1.82, 2.24) is 9.88 Å². The van der Waals surface area contributed by atoms with E-state index in [2.05, 4.69) is 16.4 Å². The number of anilines is 1. The summed E-state index contributed by atoms with van der Waals surface area (Å²) in [4.78, 5) is 17.9. The van der Waals surface area contributed by atoms with Gasteiger partial charge in [-0.3, -0.25) is 4.79 Å². The lowest BCUT2D eigenvalue weighted by atomic mass is 10.1. The second-order valence-corrected chi connectivity index (χ2v) is 5.27. The molecular formula is C14H19N3O. The van der Waals surface area contributed by atoms with Gasteiger partial charge in [-0.15, -0.1) is 0 Å². The van der Waals surface area contributed by atoms with Crippen LogP contribution in [0.1, 0.15) is 44.2 Å². The van der Waals surface area contributed by atoms with E-state index in [-0.39, 0.29) is 11.9 Å². The first kappa shape index (κ1) is 11.5. The highest BCUT2D eigenvalue weighted by molar-refractivity contribution is 5.74. The Hall–Kier alpha value is -1.58. The van der Waals surface area contributed by atoms with E-state index in [9.17, 15) is 4.79 Å². The molecule has 0 bridgehead atoms. The number of nitrogens with zero attached hydrogens (tertiary/aromatic N) is 2. The molecule has 0 aromatic carbocycles. The zero-order valence-corrected chi connectivity index (χ0v) is 10.7. The van der Waals surface area contributed by atoms with Crippen LogP contribution in [0, 0.1) is 0 Å². The number of hydrogen-bond acceptors (Lipinski definition) is 3. The third-order valence-corrected chi connectivity index (χ3v) is 3.76. The largest absolute Gasteiger partial charge is 0.367 e. The van der Waals surface area contributed by atoms with E-state index in [1.54, 1.807) is 6.92 Å². The molecule has 0 radical (unpaired) electrons. The molecule has 0 spiro atoms. The Kier molecular flexibility index (Phi) is 2.94. The van der Waals surface area contributed by atoms with Crippen molar-refractivity contribution < 1.29 is 4.79 Å². The van der Waals surface area contributed by atoms with Crippen LogP contribution in [0.5, 0.6) is 0 Å². The topological polar surface area (TPSA) is 45.2 Å². The van der Waals surface area contributed by atoms with Gasteiger partial charge in [0.1, 0.15) is 5.82 Å². The van der Waals surface area contributed by atoms with Crippen molar-refractivity contribution in [3.63, 3.8) is 0 Å². The average Bonchev–Trinajstić information content (AvgIpc) is 3.04. The molecule has 1 aromatic rings. The van der Waals surface area contributed by atoms with E-state index >= 15 is 0 Å². The summed E-state index contributed by atoms with van der Waals surface area (Å²) in [5, 5.41) is 3.38. The third kappa shape index (κ3) is 2.33. The van der Waals surface area contributed by atoms with Crippen LogP contribution in [0.4, 0.5) is 5.82 Å². The summed E-state index contributed by atoms with van der Waals surface area (Å²) in [5.41, 5.74) is 1.16. The Morgan fingerprint density at radius 1 is 1.39 bits per heavy atom. The fraction of sp³-hybridized carbons (Fsp3) is 0.571. The van der Waals surface area contributed by atoms with E-state index in [0.717, 1.165) is 30.8 Å². The second-order valence-electron chi connectivity index (χ2n) is 5.27. The van der Waals surface area contributed by atoms with Gasteiger partial charge in [0.05, 0.1) is 6.04 Å². The van der Waals surface area contributed by atoms with Gasteiger partial charge in [0, 0.05) is 25.7 Å². The smallest absolute Gasteiger partial charge is 0.219 e. The standard InChI is InChI=1S/C14H19N3O/c1-10(18)17-8-2-3-13(17)11-4-7-14(15-9-11)16-12-5-6-12/h4,7,9,12-13H,2-3,5-6,8H2,1H3,(H,15,16)/t13-/m0/s1. The molecule has 2 heterocycles. The van der Waals surface area contributed by atoms with E-state index < -0.39 is 0 Å². The number of likely N-dealkylation sites (tertiary alicyclic amines) is 1. The molecule has 1 saturated heterocycles. The van der Waals surface area contributed by atoms with Crippen LogP contribution in [0.25, 0.3) is 0 Å². The molecule has 4 nitrogen and oxygen atoms in total. The maximum atomic E-state index is 11.5. The highest BCUT2D eigenvalue weighted by Crippen LogP contribution is 2.32. The summed E-state index contributed by atoms with van der Waals surface area (Å²) in [6.07, 6.45) is 6.56. The van der Waals surface area contributed by atoms with Crippen molar-refractivity contribution in [2.24, 2.45) is 0 Å². The van der Waals surface area contributed by atoms with Crippen LogP contribution in [-0.4, -0.2) is 28.4 Å². The van der Waals surface area contributed by atoms with E-state index in [0.29, 0.717) is 6.04 Å². The minimum absolute atomic E-state index is 0.165. The molecule has 1 saturated carbocycles. The Balaban J connectivity index is 1.72. The second kappa shape index (κ2) is 4.59. The third-order valence-electron chi connectivity index (χ3n) is 3.76. The van der Waals surface area contributed by atoms with Gasteiger partial charge in [-0.25, -0.2) is 4.98 Å². The zero-order chi connectivity index (χ0) is 12.5. The molecule has 1 amide bonds. The Morgan fingerprint density at radius 2 is 2.22 bits per heavy atom. The molecule has 1 aliphatic carbocycles. The van der Waals surface area contributed by atoms with Gasteiger partial charge in [-0.1, -0.05) is 6.07 Å². The number of nitrogens with one attached hydrogen (secondary N) is 1. The number of carbonyl (C=O) groups is 1. The lowest BCUT2D eigenvalue weighted by Crippen LogP contribution is -2.28. The molecule has 1 N–H and O–H groups in total. The fourth-order valence-electron chi connectivity index (χ4n) is 2.61. The highest BCUT2D eigenvalue weighted by Gasteiger charge is 2.28. The average molecular weight is 245 g/mol. The quantitative estimate of drug-likeness (QED) is 0.889. The van der Waals surface area contributed by atoms with Crippen LogP contribution < -0.4 is 5.32 Å². The van der Waals surface area contributed by atoms with Gasteiger partial charge in [-0.05, 0) is 37.3 Å². The highest BCUT2D eigenvalue weighted by atomic mass is 16.2. The number of carbonyl (C=O) groups excluding carboxylic acids is 1. The SMILES string of the molecule is CC(=O)N1CCC[C@H]1c1ccc(NC2CC2)nc1. The van der Waals surface area contributed by atoms with Crippen LogP contribution >= 0.6 is 0 Å². The molecule has 18 heavy (non-hydrogen) atoms. The normalized spacial score (nSPS) is 23.2. The maximum absolute atomic E-state index is 11.5. The van der Waals surface area contributed by atoms with E-state index in [1.807, 2.05) is 17.2 Å². The summed E-state index contributed by atoms with van der Waals surface area (Å²) in [7, 11) is 0. The van der Waals surface area contributed by atoms with Crippen molar-refractivity contribution in [2.45, 2.75) is 44.7 Å². The molecule has 4 heteroatoms. The van der Waals surface area contributed by atoms with Crippen molar-refractivity contribution in [2.75, 3.05) is 11.9 Å². The molecule has 1 aliphatic heterocycles. The Bertz CT molecular complexity index is 439. The number of amides is 1. The fourth-order valence-corrected chi connectivity index (χ4v) is 2.61. The molecule has 96 valence electrons. The summed E-state index contributed by atoms with van der Waals surface area (Å²) < 4.78 is 0. The minimum Gasteiger partial charge on any atom is -0.367 e. The van der Waals surface area contributed by atoms with Gasteiger partial charge >= 0.3 is 0 Å². The number of pyridine rings is 1. The molecule has 1 atom stereocenters. The minimum atomic E-state index is 0.165. The maximum Gasteiger partial charge on any atom is 0.219 e. The van der Waals surface area contributed by atoms with Crippen LogP contribution in [0.3, 0.4) is 0 Å². The van der Waals surface area contributed by atoms with Gasteiger partial charge in [0.2, 0.25) is 5.91 Å². The van der Waals surface area contributed by atoms with Crippen LogP contribution in [0.2, 0.25) is 0 Å². The molecule has 2 fully saturated rings. The molecule has 1 aromatic heterocycles. The first-order valence-corrected chi connectivity index (χ1v) is 6.74. The van der Waals surface area contributed by atoms with E-state index in [1.165, 1.54) is 12.8 Å². The van der Waals surface area contributed by atoms with Crippen LogP contribution in [0.15, 0.2) is 18.3 Å².